The Balaban J connectivity index is 1.45. The average Bonchev–Trinajstić information content (AvgIpc) is 3.30. The van der Waals surface area contributed by atoms with Crippen LogP contribution in [-0.2, 0) is 4.74 Å². The van der Waals surface area contributed by atoms with Crippen molar-refractivity contribution in [2.24, 2.45) is 0 Å². The highest BCUT2D eigenvalue weighted by Gasteiger charge is 2.16. The number of benzene rings is 1. The van der Waals surface area contributed by atoms with Crippen LogP contribution in [0, 0.1) is 5.82 Å². The number of halogens is 1. The van der Waals surface area contributed by atoms with Gasteiger partial charge in [-0.1, -0.05) is 0 Å². The zero-order chi connectivity index (χ0) is 18.2. The van der Waals surface area contributed by atoms with Crippen LogP contribution < -0.4 is 10.1 Å². The molecule has 0 aliphatic carbocycles. The second kappa shape index (κ2) is 6.64. The number of fused-ring (bicyclic) bond motifs is 2. The maximum absolute atomic E-state index is 13.4. The Morgan fingerprint density at radius 2 is 2.22 bits per heavy atom. The van der Waals surface area contributed by atoms with Crippen molar-refractivity contribution in [2.75, 3.05) is 26.3 Å². The Hall–Kier alpha value is -2.97. The Bertz CT molecular complexity index is 1100. The molecule has 1 saturated heterocycles. The Morgan fingerprint density at radius 1 is 1.26 bits per heavy atom. The number of rotatable bonds is 4. The van der Waals surface area contributed by atoms with E-state index >= 15 is 0 Å². The molecule has 0 spiro atoms. The maximum atomic E-state index is 13.4. The number of imidazole rings is 1. The number of furan rings is 1. The summed E-state index contributed by atoms with van der Waals surface area (Å²) in [5.41, 5.74) is 1.94. The molecule has 0 bridgehead atoms. The van der Waals surface area contributed by atoms with Gasteiger partial charge in [0.05, 0.1) is 12.8 Å². The molecular formula is C19H17FN4O3. The topological polar surface area (TPSA) is 73.8 Å². The molecule has 0 saturated carbocycles. The van der Waals surface area contributed by atoms with E-state index in [0.717, 1.165) is 13.1 Å². The Morgan fingerprint density at radius 3 is 3.11 bits per heavy atom. The van der Waals surface area contributed by atoms with E-state index in [0.29, 0.717) is 47.2 Å². The van der Waals surface area contributed by atoms with Gasteiger partial charge in [0.1, 0.15) is 29.8 Å². The summed E-state index contributed by atoms with van der Waals surface area (Å²) in [6, 6.07) is 9.79. The van der Waals surface area contributed by atoms with Crippen LogP contribution in [0.5, 0.6) is 5.88 Å². The fourth-order valence-electron chi connectivity index (χ4n) is 3.15. The third-order valence-electron chi connectivity index (χ3n) is 4.49. The van der Waals surface area contributed by atoms with Crippen LogP contribution in [0.1, 0.15) is 0 Å². The fraction of sp³-hybridized carbons (Fsp3) is 0.263. The molecule has 0 amide bonds. The van der Waals surface area contributed by atoms with Crippen LogP contribution >= 0.6 is 0 Å². The predicted molar refractivity (Wildman–Crippen MR) is 96.3 cm³/mol. The maximum Gasteiger partial charge on any atom is 0.231 e. The molecule has 1 fully saturated rings. The molecule has 1 unspecified atom stereocenters. The van der Waals surface area contributed by atoms with Crippen molar-refractivity contribution in [2.45, 2.75) is 6.10 Å². The van der Waals surface area contributed by atoms with Gasteiger partial charge in [0.15, 0.2) is 11.4 Å². The first-order valence-electron chi connectivity index (χ1n) is 8.76. The summed E-state index contributed by atoms with van der Waals surface area (Å²) in [5.74, 6) is 0.729. The van der Waals surface area contributed by atoms with Gasteiger partial charge in [-0.15, -0.1) is 5.10 Å². The van der Waals surface area contributed by atoms with Crippen LogP contribution in [0.15, 0.2) is 47.0 Å². The summed E-state index contributed by atoms with van der Waals surface area (Å²) in [7, 11) is 0. The zero-order valence-corrected chi connectivity index (χ0v) is 14.4. The van der Waals surface area contributed by atoms with Gasteiger partial charge in [0.2, 0.25) is 5.88 Å². The van der Waals surface area contributed by atoms with Crippen LogP contribution in [0.2, 0.25) is 0 Å². The SMILES string of the molecule is Fc1ccc2oc(-c3cnc4ccc(OCC5CNCCO5)nn34)cc2c1. The lowest BCUT2D eigenvalue weighted by Crippen LogP contribution is -2.41. The molecular weight excluding hydrogens is 351 g/mol. The molecule has 7 nitrogen and oxygen atoms in total. The smallest absolute Gasteiger partial charge is 0.231 e. The minimum Gasteiger partial charge on any atom is -0.474 e. The molecule has 1 N–H and O–H groups in total. The monoisotopic (exact) mass is 368 g/mol. The van der Waals surface area contributed by atoms with E-state index in [2.05, 4.69) is 15.4 Å². The molecule has 1 aliphatic heterocycles. The van der Waals surface area contributed by atoms with Crippen LogP contribution in [-0.4, -0.2) is 47.0 Å². The largest absolute Gasteiger partial charge is 0.474 e. The highest BCUT2D eigenvalue weighted by molar-refractivity contribution is 5.82. The van der Waals surface area contributed by atoms with E-state index in [-0.39, 0.29) is 11.9 Å². The quantitative estimate of drug-likeness (QED) is 0.597. The summed E-state index contributed by atoms with van der Waals surface area (Å²) < 4.78 is 32.3. The van der Waals surface area contributed by atoms with Crippen LogP contribution in [0.25, 0.3) is 28.1 Å². The van der Waals surface area contributed by atoms with Crippen molar-refractivity contribution in [3.05, 3.63) is 48.4 Å². The minimum atomic E-state index is -0.304. The van der Waals surface area contributed by atoms with Crippen molar-refractivity contribution >= 4 is 16.6 Å². The first kappa shape index (κ1) is 16.2. The van der Waals surface area contributed by atoms with Crippen molar-refractivity contribution in [3.63, 3.8) is 0 Å². The van der Waals surface area contributed by atoms with Gasteiger partial charge in [-0.2, -0.15) is 0 Å². The summed E-state index contributed by atoms with van der Waals surface area (Å²) in [5, 5.41) is 8.46. The Kier molecular flexibility index (Phi) is 3.99. The van der Waals surface area contributed by atoms with E-state index in [1.54, 1.807) is 28.9 Å². The van der Waals surface area contributed by atoms with Gasteiger partial charge in [0.25, 0.3) is 0 Å². The van der Waals surface area contributed by atoms with Crippen molar-refractivity contribution in [1.82, 2.24) is 19.9 Å². The summed E-state index contributed by atoms with van der Waals surface area (Å²) >= 11 is 0. The Labute approximate surface area is 153 Å². The highest BCUT2D eigenvalue weighted by Crippen LogP contribution is 2.29. The van der Waals surface area contributed by atoms with Gasteiger partial charge in [-0.25, -0.2) is 13.9 Å². The van der Waals surface area contributed by atoms with Crippen molar-refractivity contribution in [1.29, 1.82) is 0 Å². The standard InChI is InChI=1S/C19H17FN4O3/c20-13-1-2-16-12(7-13)8-17(27-16)15-10-22-18-3-4-19(23-24(15)18)26-11-14-9-21-5-6-25-14/h1-4,7-8,10,14,21H,5-6,9,11H2. The lowest BCUT2D eigenvalue weighted by Gasteiger charge is -2.23. The number of morpholine rings is 1. The molecule has 4 aromatic rings. The molecule has 3 aromatic heterocycles. The third-order valence-corrected chi connectivity index (χ3v) is 4.49. The van der Waals surface area contributed by atoms with E-state index in [4.69, 9.17) is 13.9 Å². The first-order chi connectivity index (χ1) is 13.3. The number of ether oxygens (including phenoxy) is 2. The molecule has 1 atom stereocenters. The lowest BCUT2D eigenvalue weighted by molar-refractivity contribution is -0.000968. The minimum absolute atomic E-state index is 0.00349. The first-order valence-corrected chi connectivity index (χ1v) is 8.76. The summed E-state index contributed by atoms with van der Waals surface area (Å²) in [6.45, 7) is 2.72. The van der Waals surface area contributed by atoms with Crippen LogP contribution in [0.4, 0.5) is 4.39 Å². The van der Waals surface area contributed by atoms with Gasteiger partial charge >= 0.3 is 0 Å². The van der Waals surface area contributed by atoms with Crippen molar-refractivity contribution < 1.29 is 18.3 Å². The molecule has 1 aliphatic rings. The number of nitrogens with one attached hydrogen (secondary N) is 1. The number of hydrogen-bond donors (Lipinski definition) is 1. The molecule has 0 radical (unpaired) electrons. The van der Waals surface area contributed by atoms with Crippen molar-refractivity contribution in [3.8, 4) is 17.3 Å². The molecule has 138 valence electrons. The third kappa shape index (κ3) is 3.13. The zero-order valence-electron chi connectivity index (χ0n) is 14.4. The van der Waals surface area contributed by atoms with E-state index in [1.807, 2.05) is 6.07 Å². The van der Waals surface area contributed by atoms with Gasteiger partial charge in [-0.3, -0.25) is 0 Å². The predicted octanol–water partition coefficient (Wildman–Crippen LogP) is 2.65. The van der Waals surface area contributed by atoms with Gasteiger partial charge < -0.3 is 19.2 Å². The molecule has 5 rings (SSSR count). The number of aromatic nitrogens is 3. The lowest BCUT2D eigenvalue weighted by atomic mass is 10.2. The van der Waals surface area contributed by atoms with E-state index in [1.165, 1.54) is 12.1 Å². The second-order valence-electron chi connectivity index (χ2n) is 6.39. The fourth-order valence-corrected chi connectivity index (χ4v) is 3.15. The second-order valence-corrected chi connectivity index (χ2v) is 6.39. The highest BCUT2D eigenvalue weighted by atomic mass is 19.1. The van der Waals surface area contributed by atoms with Crippen LogP contribution in [0.3, 0.4) is 0 Å². The number of nitrogens with zero attached hydrogens (tertiary/aromatic N) is 3. The molecule has 4 heterocycles. The molecule has 8 heteroatoms. The summed E-state index contributed by atoms with van der Waals surface area (Å²) in [4.78, 5) is 4.35. The molecule has 1 aromatic carbocycles. The van der Waals surface area contributed by atoms with Gasteiger partial charge in [-0.05, 0) is 30.3 Å². The normalized spacial score (nSPS) is 17.6. The van der Waals surface area contributed by atoms with E-state index < -0.39 is 0 Å². The average molecular weight is 368 g/mol. The van der Waals surface area contributed by atoms with E-state index in [9.17, 15) is 4.39 Å². The molecule has 27 heavy (non-hydrogen) atoms. The summed E-state index contributed by atoms with van der Waals surface area (Å²) in [6.07, 6.45) is 1.68. The van der Waals surface area contributed by atoms with Gasteiger partial charge in [0, 0.05) is 24.5 Å². The number of hydrogen-bond acceptors (Lipinski definition) is 6.